The van der Waals surface area contributed by atoms with Gasteiger partial charge in [-0.25, -0.2) is 0 Å². The zero-order valence-corrected chi connectivity index (χ0v) is 14.4. The molecule has 0 radical (unpaired) electrons. The SMILES string of the molecule is O=C(O)C1CCN(CC2Cc3ccccc3N2c2ccsc2)CC1. The Bertz CT molecular complexity index is 708. The van der Waals surface area contributed by atoms with Crippen LogP contribution in [0.4, 0.5) is 11.4 Å². The molecule has 0 amide bonds. The molecule has 4 rings (SSSR count). The summed E-state index contributed by atoms with van der Waals surface area (Å²) in [7, 11) is 0. The number of carbonyl (C=O) groups is 1. The van der Waals surface area contributed by atoms with Crippen LogP contribution in [0.1, 0.15) is 18.4 Å². The molecule has 1 N–H and O–H groups in total. The van der Waals surface area contributed by atoms with Gasteiger partial charge in [-0.05, 0) is 55.4 Å². The lowest BCUT2D eigenvalue weighted by molar-refractivity contribution is -0.143. The molecule has 0 saturated carbocycles. The summed E-state index contributed by atoms with van der Waals surface area (Å²) in [6.07, 6.45) is 2.60. The predicted octanol–water partition coefficient (Wildman–Crippen LogP) is 3.61. The Morgan fingerprint density at radius 2 is 2.00 bits per heavy atom. The molecule has 5 heteroatoms. The van der Waals surface area contributed by atoms with E-state index in [2.05, 4.69) is 50.9 Å². The van der Waals surface area contributed by atoms with E-state index in [9.17, 15) is 4.79 Å². The lowest BCUT2D eigenvalue weighted by Crippen LogP contribution is -2.44. The topological polar surface area (TPSA) is 43.8 Å². The minimum Gasteiger partial charge on any atom is -0.481 e. The van der Waals surface area contributed by atoms with E-state index in [1.54, 1.807) is 11.3 Å². The molecule has 2 aliphatic heterocycles. The highest BCUT2D eigenvalue weighted by Gasteiger charge is 2.33. The van der Waals surface area contributed by atoms with Gasteiger partial charge in [0.15, 0.2) is 0 Å². The fourth-order valence-corrected chi connectivity index (χ4v) is 4.64. The second kappa shape index (κ2) is 6.57. The normalized spacial score (nSPS) is 21.8. The van der Waals surface area contributed by atoms with E-state index in [4.69, 9.17) is 5.11 Å². The van der Waals surface area contributed by atoms with E-state index < -0.39 is 5.97 Å². The third kappa shape index (κ3) is 2.94. The molecular formula is C19H22N2O2S. The average molecular weight is 342 g/mol. The van der Waals surface area contributed by atoms with Crippen LogP contribution in [0.5, 0.6) is 0 Å². The van der Waals surface area contributed by atoms with Crippen LogP contribution >= 0.6 is 11.3 Å². The molecule has 0 spiro atoms. The summed E-state index contributed by atoms with van der Waals surface area (Å²) in [5, 5.41) is 13.5. The minimum atomic E-state index is -0.636. The van der Waals surface area contributed by atoms with Gasteiger partial charge in [-0.15, -0.1) is 0 Å². The van der Waals surface area contributed by atoms with E-state index in [0.29, 0.717) is 6.04 Å². The summed E-state index contributed by atoms with van der Waals surface area (Å²) in [6.45, 7) is 2.78. The highest BCUT2D eigenvalue weighted by atomic mass is 32.1. The van der Waals surface area contributed by atoms with E-state index >= 15 is 0 Å². The second-order valence-corrected chi connectivity index (χ2v) is 7.53. The van der Waals surface area contributed by atoms with Crippen LogP contribution in [-0.4, -0.2) is 41.7 Å². The number of fused-ring (bicyclic) bond motifs is 1. The molecule has 2 aliphatic rings. The highest BCUT2D eigenvalue weighted by molar-refractivity contribution is 7.08. The van der Waals surface area contributed by atoms with E-state index in [1.165, 1.54) is 16.9 Å². The zero-order valence-electron chi connectivity index (χ0n) is 13.6. The molecular weight excluding hydrogens is 320 g/mol. The molecule has 1 aromatic heterocycles. The van der Waals surface area contributed by atoms with Crippen LogP contribution in [-0.2, 0) is 11.2 Å². The van der Waals surface area contributed by atoms with Crippen molar-refractivity contribution in [3.63, 3.8) is 0 Å². The van der Waals surface area contributed by atoms with Crippen molar-refractivity contribution in [2.75, 3.05) is 24.5 Å². The maximum absolute atomic E-state index is 11.1. The predicted molar refractivity (Wildman–Crippen MR) is 97.2 cm³/mol. The van der Waals surface area contributed by atoms with Gasteiger partial charge in [0.1, 0.15) is 0 Å². The highest BCUT2D eigenvalue weighted by Crippen LogP contribution is 2.39. The molecule has 1 atom stereocenters. The molecule has 1 unspecified atom stereocenters. The first-order valence-corrected chi connectivity index (χ1v) is 9.51. The summed E-state index contributed by atoms with van der Waals surface area (Å²) >= 11 is 1.73. The fraction of sp³-hybridized carbons (Fsp3) is 0.421. The Morgan fingerprint density at radius 1 is 1.21 bits per heavy atom. The number of aliphatic carboxylic acids is 1. The van der Waals surface area contributed by atoms with Crippen LogP contribution in [0.25, 0.3) is 0 Å². The number of likely N-dealkylation sites (tertiary alicyclic amines) is 1. The largest absolute Gasteiger partial charge is 0.481 e. The molecule has 0 bridgehead atoms. The van der Waals surface area contributed by atoms with Crippen molar-refractivity contribution in [2.45, 2.75) is 25.3 Å². The Hall–Kier alpha value is -1.85. The number of anilines is 2. The summed E-state index contributed by atoms with van der Waals surface area (Å²) in [4.78, 5) is 16.0. The Kier molecular flexibility index (Phi) is 4.29. The van der Waals surface area contributed by atoms with Gasteiger partial charge >= 0.3 is 5.97 Å². The van der Waals surface area contributed by atoms with Crippen LogP contribution < -0.4 is 4.90 Å². The lowest BCUT2D eigenvalue weighted by Gasteiger charge is -2.35. The van der Waals surface area contributed by atoms with E-state index in [-0.39, 0.29) is 5.92 Å². The summed E-state index contributed by atoms with van der Waals surface area (Å²) in [5.41, 5.74) is 4.01. The monoisotopic (exact) mass is 342 g/mol. The van der Waals surface area contributed by atoms with Crippen molar-refractivity contribution in [1.82, 2.24) is 4.90 Å². The van der Waals surface area contributed by atoms with E-state index in [0.717, 1.165) is 38.9 Å². The molecule has 4 nitrogen and oxygen atoms in total. The molecule has 1 aromatic carbocycles. The van der Waals surface area contributed by atoms with Crippen molar-refractivity contribution in [1.29, 1.82) is 0 Å². The Balaban J connectivity index is 1.50. The zero-order chi connectivity index (χ0) is 16.5. The molecule has 24 heavy (non-hydrogen) atoms. The van der Waals surface area contributed by atoms with Crippen molar-refractivity contribution >= 4 is 28.7 Å². The third-order valence-electron chi connectivity index (χ3n) is 5.26. The van der Waals surface area contributed by atoms with Crippen LogP contribution in [0.2, 0.25) is 0 Å². The molecule has 126 valence electrons. The number of hydrogen-bond donors (Lipinski definition) is 1. The van der Waals surface area contributed by atoms with Crippen LogP contribution in [0.3, 0.4) is 0 Å². The number of piperidine rings is 1. The van der Waals surface area contributed by atoms with Gasteiger partial charge in [-0.3, -0.25) is 4.79 Å². The number of para-hydroxylation sites is 1. The second-order valence-electron chi connectivity index (χ2n) is 6.75. The summed E-state index contributed by atoms with van der Waals surface area (Å²) in [5.74, 6) is -0.794. The first kappa shape index (κ1) is 15.7. The quantitative estimate of drug-likeness (QED) is 0.922. The number of nitrogens with zero attached hydrogens (tertiary/aromatic N) is 2. The van der Waals surface area contributed by atoms with Gasteiger partial charge < -0.3 is 14.9 Å². The number of hydrogen-bond acceptors (Lipinski definition) is 4. The maximum Gasteiger partial charge on any atom is 0.306 e. The molecule has 2 aromatic rings. The van der Waals surface area contributed by atoms with Gasteiger partial charge in [0.05, 0.1) is 17.6 Å². The van der Waals surface area contributed by atoms with Crippen molar-refractivity contribution in [3.05, 3.63) is 46.7 Å². The fourth-order valence-electron chi connectivity index (χ4n) is 4.01. The summed E-state index contributed by atoms with van der Waals surface area (Å²) < 4.78 is 0. The molecule has 1 saturated heterocycles. The Morgan fingerprint density at radius 3 is 2.71 bits per heavy atom. The smallest absolute Gasteiger partial charge is 0.306 e. The molecule has 0 aliphatic carbocycles. The summed E-state index contributed by atoms with van der Waals surface area (Å²) in [6, 6.07) is 11.3. The lowest BCUT2D eigenvalue weighted by atomic mass is 9.96. The van der Waals surface area contributed by atoms with Gasteiger partial charge in [0.2, 0.25) is 0 Å². The molecule has 3 heterocycles. The van der Waals surface area contributed by atoms with Crippen molar-refractivity contribution in [3.8, 4) is 0 Å². The first-order valence-electron chi connectivity index (χ1n) is 8.57. The number of benzene rings is 1. The van der Waals surface area contributed by atoms with E-state index in [1.807, 2.05) is 0 Å². The maximum atomic E-state index is 11.1. The number of thiophene rings is 1. The van der Waals surface area contributed by atoms with Crippen molar-refractivity contribution < 1.29 is 9.90 Å². The van der Waals surface area contributed by atoms with Gasteiger partial charge in [-0.2, -0.15) is 11.3 Å². The molecule has 1 fully saturated rings. The number of carboxylic acid groups (broad SMARTS) is 1. The van der Waals surface area contributed by atoms with Crippen LogP contribution in [0.15, 0.2) is 41.1 Å². The van der Waals surface area contributed by atoms with Gasteiger partial charge in [0, 0.05) is 17.6 Å². The minimum absolute atomic E-state index is 0.157. The number of carboxylic acids is 1. The van der Waals surface area contributed by atoms with Crippen molar-refractivity contribution in [2.24, 2.45) is 5.92 Å². The Labute approximate surface area is 146 Å². The standard InChI is InChI=1S/C19H22N2O2S/c22-19(23)14-5-8-20(9-6-14)12-17-11-15-3-1-2-4-18(15)21(17)16-7-10-24-13-16/h1-4,7,10,13-14,17H,5-6,8-9,11-12H2,(H,22,23). The third-order valence-corrected chi connectivity index (χ3v) is 5.93. The average Bonchev–Trinajstić information content (AvgIpc) is 3.22. The first-order chi connectivity index (χ1) is 11.7. The number of rotatable bonds is 4. The van der Waals surface area contributed by atoms with Crippen LogP contribution in [0, 0.1) is 5.92 Å². The van der Waals surface area contributed by atoms with Gasteiger partial charge in [-0.1, -0.05) is 18.2 Å². The van der Waals surface area contributed by atoms with Gasteiger partial charge in [0.25, 0.3) is 0 Å².